The first-order valence-electron chi connectivity index (χ1n) is 5.02. The fourth-order valence-corrected chi connectivity index (χ4v) is 2.22. The zero-order valence-corrected chi connectivity index (χ0v) is 7.58. The van der Waals surface area contributed by atoms with Crippen LogP contribution in [0.3, 0.4) is 0 Å². The van der Waals surface area contributed by atoms with Crippen LogP contribution in [0.2, 0.25) is 0 Å². The summed E-state index contributed by atoms with van der Waals surface area (Å²) in [4.78, 5) is 2.53. The number of hydrogen-bond acceptors (Lipinski definition) is 2. The van der Waals surface area contributed by atoms with Crippen LogP contribution in [0.5, 0.6) is 0 Å². The first kappa shape index (κ1) is 8.27. The molecule has 1 heterocycles. The fourth-order valence-electron chi connectivity index (χ4n) is 2.22. The van der Waals surface area contributed by atoms with Gasteiger partial charge >= 0.3 is 0 Å². The highest BCUT2D eigenvalue weighted by Gasteiger charge is 2.24. The molecule has 1 aliphatic carbocycles. The van der Waals surface area contributed by atoms with Crippen LogP contribution in [0, 0.1) is 0 Å². The van der Waals surface area contributed by atoms with Crippen molar-refractivity contribution in [3.63, 3.8) is 0 Å². The van der Waals surface area contributed by atoms with Crippen molar-refractivity contribution < 1.29 is 0 Å². The van der Waals surface area contributed by atoms with Crippen LogP contribution in [0.25, 0.3) is 0 Å². The Kier molecular flexibility index (Phi) is 2.47. The van der Waals surface area contributed by atoms with Gasteiger partial charge in [-0.05, 0) is 25.7 Å². The lowest BCUT2D eigenvalue weighted by Crippen LogP contribution is -2.35. The molecule has 2 heteroatoms. The van der Waals surface area contributed by atoms with E-state index in [-0.39, 0.29) is 0 Å². The molecule has 0 aromatic carbocycles. The van der Waals surface area contributed by atoms with E-state index >= 15 is 0 Å². The lowest BCUT2D eigenvalue weighted by Gasteiger charge is -2.26. The molecule has 12 heavy (non-hydrogen) atoms. The third-order valence-electron chi connectivity index (χ3n) is 2.95. The molecule has 1 fully saturated rings. The molecule has 0 radical (unpaired) electrons. The number of likely N-dealkylation sites (tertiary alicyclic amines) is 1. The summed E-state index contributed by atoms with van der Waals surface area (Å²) in [5, 5.41) is 0. The standard InChI is InChI=1S/C10H18N2/c11-9-6-7-12(8-9)10-4-2-1-3-5-10/h2,4,9-10H,1,3,5-8,11H2/t9-,10?/m0/s1. The lowest BCUT2D eigenvalue weighted by molar-refractivity contribution is 0.260. The van der Waals surface area contributed by atoms with E-state index in [0.29, 0.717) is 12.1 Å². The Morgan fingerprint density at radius 1 is 1.33 bits per heavy atom. The average Bonchev–Trinajstić information content (AvgIpc) is 2.54. The molecule has 68 valence electrons. The van der Waals surface area contributed by atoms with Gasteiger partial charge in [0, 0.05) is 25.2 Å². The predicted octanol–water partition coefficient (Wildman–Crippen LogP) is 1.13. The fraction of sp³-hybridized carbons (Fsp3) is 0.800. The molecular weight excluding hydrogens is 148 g/mol. The van der Waals surface area contributed by atoms with Gasteiger partial charge in [-0.1, -0.05) is 12.2 Å². The molecule has 1 aliphatic heterocycles. The number of allylic oxidation sites excluding steroid dienone is 1. The third-order valence-corrected chi connectivity index (χ3v) is 2.95. The second-order valence-electron chi connectivity index (χ2n) is 3.97. The summed E-state index contributed by atoms with van der Waals surface area (Å²) < 4.78 is 0. The Morgan fingerprint density at radius 3 is 2.83 bits per heavy atom. The van der Waals surface area contributed by atoms with E-state index in [1.165, 1.54) is 32.2 Å². The second kappa shape index (κ2) is 3.58. The van der Waals surface area contributed by atoms with E-state index in [2.05, 4.69) is 17.1 Å². The summed E-state index contributed by atoms with van der Waals surface area (Å²) in [5.41, 5.74) is 5.87. The minimum Gasteiger partial charge on any atom is -0.326 e. The summed E-state index contributed by atoms with van der Waals surface area (Å²) in [6.45, 7) is 2.31. The van der Waals surface area contributed by atoms with Gasteiger partial charge in [0.05, 0.1) is 0 Å². The Morgan fingerprint density at radius 2 is 2.25 bits per heavy atom. The van der Waals surface area contributed by atoms with Crippen LogP contribution in [-0.2, 0) is 0 Å². The second-order valence-corrected chi connectivity index (χ2v) is 3.97. The molecule has 0 bridgehead atoms. The highest BCUT2D eigenvalue weighted by atomic mass is 15.2. The molecule has 1 unspecified atom stereocenters. The summed E-state index contributed by atoms with van der Waals surface area (Å²) >= 11 is 0. The molecule has 2 N–H and O–H groups in total. The van der Waals surface area contributed by atoms with Gasteiger partial charge < -0.3 is 5.73 Å². The van der Waals surface area contributed by atoms with Gasteiger partial charge in [0.2, 0.25) is 0 Å². The highest BCUT2D eigenvalue weighted by Crippen LogP contribution is 2.20. The van der Waals surface area contributed by atoms with Crippen LogP contribution < -0.4 is 5.73 Å². The van der Waals surface area contributed by atoms with Crippen LogP contribution in [0.1, 0.15) is 25.7 Å². The quantitative estimate of drug-likeness (QED) is 0.592. The molecule has 0 aromatic heterocycles. The molecule has 2 atom stereocenters. The van der Waals surface area contributed by atoms with E-state index < -0.39 is 0 Å². The van der Waals surface area contributed by atoms with E-state index in [1.54, 1.807) is 0 Å². The van der Waals surface area contributed by atoms with Crippen LogP contribution in [0.15, 0.2) is 12.2 Å². The number of nitrogens with two attached hydrogens (primary N) is 1. The summed E-state index contributed by atoms with van der Waals surface area (Å²) in [7, 11) is 0. The van der Waals surface area contributed by atoms with Crippen molar-refractivity contribution in [2.75, 3.05) is 13.1 Å². The highest BCUT2D eigenvalue weighted by molar-refractivity contribution is 5.00. The van der Waals surface area contributed by atoms with Gasteiger partial charge in [-0.15, -0.1) is 0 Å². The van der Waals surface area contributed by atoms with Crippen molar-refractivity contribution in [2.24, 2.45) is 5.73 Å². The maximum Gasteiger partial charge on any atom is 0.0278 e. The van der Waals surface area contributed by atoms with Gasteiger partial charge in [0.1, 0.15) is 0 Å². The van der Waals surface area contributed by atoms with Crippen molar-refractivity contribution in [1.82, 2.24) is 4.90 Å². The average molecular weight is 166 g/mol. The van der Waals surface area contributed by atoms with Gasteiger partial charge in [-0.3, -0.25) is 4.90 Å². The number of rotatable bonds is 1. The molecule has 0 saturated carbocycles. The minimum absolute atomic E-state index is 0.431. The van der Waals surface area contributed by atoms with Crippen LogP contribution in [-0.4, -0.2) is 30.1 Å². The normalized spacial score (nSPS) is 37.4. The van der Waals surface area contributed by atoms with Crippen molar-refractivity contribution in [3.05, 3.63) is 12.2 Å². The van der Waals surface area contributed by atoms with Crippen molar-refractivity contribution in [2.45, 2.75) is 37.8 Å². The smallest absolute Gasteiger partial charge is 0.0278 e. The van der Waals surface area contributed by atoms with E-state index in [1.807, 2.05) is 0 Å². The monoisotopic (exact) mass is 166 g/mol. The van der Waals surface area contributed by atoms with Crippen molar-refractivity contribution in [3.8, 4) is 0 Å². The SMILES string of the molecule is N[C@H]1CCN(C2C=CCCC2)C1. The van der Waals surface area contributed by atoms with Gasteiger partial charge in [-0.2, -0.15) is 0 Å². The Labute approximate surface area is 74.4 Å². The van der Waals surface area contributed by atoms with E-state index in [4.69, 9.17) is 5.73 Å². The first-order valence-corrected chi connectivity index (χ1v) is 5.02. The molecular formula is C10H18N2. The maximum absolute atomic E-state index is 5.87. The Bertz CT molecular complexity index is 177. The molecule has 2 nitrogen and oxygen atoms in total. The van der Waals surface area contributed by atoms with Gasteiger partial charge in [-0.25, -0.2) is 0 Å². The number of nitrogens with zero attached hydrogens (tertiary/aromatic N) is 1. The molecule has 2 rings (SSSR count). The van der Waals surface area contributed by atoms with E-state index in [0.717, 1.165) is 6.54 Å². The molecule has 1 saturated heterocycles. The summed E-state index contributed by atoms with van der Waals surface area (Å²) in [5.74, 6) is 0. The summed E-state index contributed by atoms with van der Waals surface area (Å²) in [6.07, 6.45) is 9.83. The molecule has 0 aromatic rings. The van der Waals surface area contributed by atoms with Crippen LogP contribution >= 0.6 is 0 Å². The maximum atomic E-state index is 5.87. The molecule has 2 aliphatic rings. The first-order chi connectivity index (χ1) is 5.86. The Balaban J connectivity index is 1.91. The zero-order valence-electron chi connectivity index (χ0n) is 7.58. The third kappa shape index (κ3) is 1.70. The summed E-state index contributed by atoms with van der Waals surface area (Å²) in [6, 6.07) is 1.13. The lowest BCUT2D eigenvalue weighted by atomic mass is 10.0. The van der Waals surface area contributed by atoms with Gasteiger partial charge in [0.25, 0.3) is 0 Å². The zero-order chi connectivity index (χ0) is 8.39. The Hall–Kier alpha value is -0.340. The topological polar surface area (TPSA) is 29.3 Å². The number of hydrogen-bond donors (Lipinski definition) is 1. The predicted molar refractivity (Wildman–Crippen MR) is 50.9 cm³/mol. The molecule has 0 amide bonds. The minimum atomic E-state index is 0.431. The van der Waals surface area contributed by atoms with Crippen molar-refractivity contribution in [1.29, 1.82) is 0 Å². The largest absolute Gasteiger partial charge is 0.326 e. The molecule has 0 spiro atoms. The van der Waals surface area contributed by atoms with E-state index in [9.17, 15) is 0 Å². The van der Waals surface area contributed by atoms with Gasteiger partial charge in [0.15, 0.2) is 0 Å². The van der Waals surface area contributed by atoms with Crippen LogP contribution in [0.4, 0.5) is 0 Å². The van der Waals surface area contributed by atoms with Crippen molar-refractivity contribution >= 4 is 0 Å².